The molecule has 0 heterocycles. The van der Waals surface area contributed by atoms with Crippen molar-refractivity contribution < 1.29 is 28.6 Å². The fourth-order valence-corrected chi connectivity index (χ4v) is 8.14. The third kappa shape index (κ3) is 49.0. The van der Waals surface area contributed by atoms with Crippen LogP contribution in [0.5, 0.6) is 0 Å². The van der Waals surface area contributed by atoms with Crippen molar-refractivity contribution in [1.29, 1.82) is 0 Å². The molecular weight excluding hydrogens is 757 g/mol. The highest BCUT2D eigenvalue weighted by Crippen LogP contribution is 2.16. The van der Waals surface area contributed by atoms with E-state index in [0.717, 1.165) is 57.8 Å². The number of unbranched alkanes of at least 4 members (excludes halogenated alkanes) is 37. The number of carbonyl (C=O) groups excluding carboxylic acids is 3. The van der Waals surface area contributed by atoms with Gasteiger partial charge in [-0.25, -0.2) is 0 Å². The molecule has 360 valence electrons. The Morgan fingerprint density at radius 1 is 0.311 bits per heavy atom. The van der Waals surface area contributed by atoms with Crippen molar-refractivity contribution in [2.45, 2.75) is 309 Å². The van der Waals surface area contributed by atoms with Crippen LogP contribution < -0.4 is 0 Å². The SMILES string of the molecule is CCCCCCCCCC/C=C\CCCCCCCCCCCCCC(=O)OCC(COC(=O)CCCCCCCCCCCC)OC(=O)CCCCCCCCCCCC. The Morgan fingerprint density at radius 2 is 0.541 bits per heavy atom. The van der Waals surface area contributed by atoms with Crippen molar-refractivity contribution in [1.82, 2.24) is 0 Å². The van der Waals surface area contributed by atoms with E-state index in [0.29, 0.717) is 19.3 Å². The highest BCUT2D eigenvalue weighted by atomic mass is 16.6. The Hall–Kier alpha value is -1.85. The fraction of sp³-hybridized carbons (Fsp3) is 0.909. The molecule has 0 aliphatic carbocycles. The molecule has 0 rings (SSSR count). The van der Waals surface area contributed by atoms with Crippen LogP contribution in [0.2, 0.25) is 0 Å². The average molecular weight is 861 g/mol. The molecule has 0 saturated carbocycles. The lowest BCUT2D eigenvalue weighted by molar-refractivity contribution is -0.167. The number of hydrogen-bond acceptors (Lipinski definition) is 6. The van der Waals surface area contributed by atoms with E-state index in [1.807, 2.05) is 0 Å². The summed E-state index contributed by atoms with van der Waals surface area (Å²) in [6, 6.07) is 0. The Balaban J connectivity index is 4.14. The van der Waals surface area contributed by atoms with Gasteiger partial charge in [0, 0.05) is 19.3 Å². The molecule has 0 saturated heterocycles. The van der Waals surface area contributed by atoms with Crippen LogP contribution >= 0.6 is 0 Å². The Bertz CT molecular complexity index is 947. The number of carbonyl (C=O) groups is 3. The highest BCUT2D eigenvalue weighted by molar-refractivity contribution is 5.71. The van der Waals surface area contributed by atoms with Crippen LogP contribution in [0.25, 0.3) is 0 Å². The first-order valence-corrected chi connectivity index (χ1v) is 27.2. The number of ether oxygens (including phenoxy) is 3. The molecule has 6 nitrogen and oxygen atoms in total. The smallest absolute Gasteiger partial charge is 0.306 e. The molecular formula is C55H104O6. The number of allylic oxidation sites excluding steroid dienone is 2. The van der Waals surface area contributed by atoms with E-state index in [9.17, 15) is 14.4 Å². The molecule has 0 aliphatic heterocycles. The summed E-state index contributed by atoms with van der Waals surface area (Å²) >= 11 is 0. The van der Waals surface area contributed by atoms with E-state index >= 15 is 0 Å². The summed E-state index contributed by atoms with van der Waals surface area (Å²) in [4.78, 5) is 37.9. The molecule has 0 N–H and O–H groups in total. The predicted octanol–water partition coefficient (Wildman–Crippen LogP) is 17.8. The van der Waals surface area contributed by atoms with Gasteiger partial charge in [0.05, 0.1) is 0 Å². The summed E-state index contributed by atoms with van der Waals surface area (Å²) in [6.07, 6.45) is 56.4. The van der Waals surface area contributed by atoms with E-state index in [4.69, 9.17) is 14.2 Å². The Morgan fingerprint density at radius 3 is 0.820 bits per heavy atom. The second-order valence-electron chi connectivity index (χ2n) is 18.5. The third-order valence-corrected chi connectivity index (χ3v) is 12.3. The number of hydrogen-bond donors (Lipinski definition) is 0. The van der Waals surface area contributed by atoms with E-state index in [1.54, 1.807) is 0 Å². The van der Waals surface area contributed by atoms with Crippen molar-refractivity contribution in [3.8, 4) is 0 Å². The minimum atomic E-state index is -0.762. The summed E-state index contributed by atoms with van der Waals surface area (Å²) in [5.74, 6) is -0.852. The topological polar surface area (TPSA) is 78.9 Å². The van der Waals surface area contributed by atoms with E-state index < -0.39 is 6.10 Å². The molecule has 6 heteroatoms. The van der Waals surface area contributed by atoms with Gasteiger partial charge in [-0.3, -0.25) is 14.4 Å². The maximum atomic E-state index is 12.7. The first-order chi connectivity index (χ1) is 30.0. The molecule has 0 aromatic heterocycles. The zero-order chi connectivity index (χ0) is 44.4. The largest absolute Gasteiger partial charge is 0.462 e. The monoisotopic (exact) mass is 861 g/mol. The molecule has 0 aromatic carbocycles. The van der Waals surface area contributed by atoms with Crippen molar-refractivity contribution in [2.75, 3.05) is 13.2 Å². The van der Waals surface area contributed by atoms with Gasteiger partial charge in [0.25, 0.3) is 0 Å². The van der Waals surface area contributed by atoms with Crippen molar-refractivity contribution >= 4 is 17.9 Å². The fourth-order valence-electron chi connectivity index (χ4n) is 8.14. The van der Waals surface area contributed by atoms with Crippen molar-refractivity contribution in [3.63, 3.8) is 0 Å². The van der Waals surface area contributed by atoms with Crippen LogP contribution in [0.4, 0.5) is 0 Å². The minimum absolute atomic E-state index is 0.0651. The second-order valence-corrected chi connectivity index (χ2v) is 18.5. The van der Waals surface area contributed by atoms with Crippen LogP contribution in [0.1, 0.15) is 303 Å². The van der Waals surface area contributed by atoms with Gasteiger partial charge in [-0.1, -0.05) is 251 Å². The van der Waals surface area contributed by atoms with Gasteiger partial charge in [0.15, 0.2) is 6.10 Å². The van der Waals surface area contributed by atoms with Crippen molar-refractivity contribution in [3.05, 3.63) is 12.2 Å². The second kappa shape index (κ2) is 50.8. The summed E-state index contributed by atoms with van der Waals surface area (Å²) in [5, 5.41) is 0. The molecule has 0 radical (unpaired) electrons. The molecule has 0 fully saturated rings. The molecule has 1 atom stereocenters. The van der Waals surface area contributed by atoms with E-state index in [-0.39, 0.29) is 31.1 Å². The summed E-state index contributed by atoms with van der Waals surface area (Å²) in [7, 11) is 0. The molecule has 0 aliphatic rings. The summed E-state index contributed by atoms with van der Waals surface area (Å²) < 4.78 is 16.8. The Labute approximate surface area is 380 Å². The lowest BCUT2D eigenvalue weighted by atomic mass is 10.0. The van der Waals surface area contributed by atoms with E-state index in [2.05, 4.69) is 32.9 Å². The van der Waals surface area contributed by atoms with Crippen LogP contribution in [0.3, 0.4) is 0 Å². The van der Waals surface area contributed by atoms with Gasteiger partial charge >= 0.3 is 17.9 Å². The molecule has 1 unspecified atom stereocenters. The maximum Gasteiger partial charge on any atom is 0.306 e. The third-order valence-electron chi connectivity index (χ3n) is 12.3. The lowest BCUT2D eigenvalue weighted by Crippen LogP contribution is -2.30. The van der Waals surface area contributed by atoms with Crippen LogP contribution in [-0.2, 0) is 28.6 Å². The maximum absolute atomic E-state index is 12.7. The normalized spacial score (nSPS) is 12.0. The minimum Gasteiger partial charge on any atom is -0.462 e. The van der Waals surface area contributed by atoms with Crippen LogP contribution in [0, 0.1) is 0 Å². The molecule has 61 heavy (non-hydrogen) atoms. The predicted molar refractivity (Wildman–Crippen MR) is 261 cm³/mol. The van der Waals surface area contributed by atoms with Gasteiger partial charge in [-0.15, -0.1) is 0 Å². The van der Waals surface area contributed by atoms with Gasteiger partial charge in [0.1, 0.15) is 13.2 Å². The molecule has 0 amide bonds. The highest BCUT2D eigenvalue weighted by Gasteiger charge is 2.19. The number of esters is 3. The molecule has 0 spiro atoms. The summed E-state index contributed by atoms with van der Waals surface area (Å²) in [5.41, 5.74) is 0. The van der Waals surface area contributed by atoms with Gasteiger partial charge < -0.3 is 14.2 Å². The first kappa shape index (κ1) is 59.1. The number of rotatable bonds is 50. The first-order valence-electron chi connectivity index (χ1n) is 27.2. The van der Waals surface area contributed by atoms with Crippen LogP contribution in [-0.4, -0.2) is 37.2 Å². The zero-order valence-corrected chi connectivity index (χ0v) is 41.2. The van der Waals surface area contributed by atoms with Crippen LogP contribution in [0.15, 0.2) is 12.2 Å². The lowest BCUT2D eigenvalue weighted by Gasteiger charge is -2.18. The summed E-state index contributed by atoms with van der Waals surface area (Å²) in [6.45, 7) is 6.65. The van der Waals surface area contributed by atoms with E-state index in [1.165, 1.54) is 205 Å². The van der Waals surface area contributed by atoms with Gasteiger partial charge in [-0.2, -0.15) is 0 Å². The zero-order valence-electron chi connectivity index (χ0n) is 41.2. The average Bonchev–Trinajstić information content (AvgIpc) is 3.26. The van der Waals surface area contributed by atoms with Gasteiger partial charge in [0.2, 0.25) is 0 Å². The quantitative estimate of drug-likeness (QED) is 0.0262. The molecule has 0 bridgehead atoms. The Kier molecular flexibility index (Phi) is 49.3. The standard InChI is InChI=1S/C55H104O6/c1-4-7-10-13-16-19-22-23-24-25-26-27-28-29-30-31-32-33-34-37-39-42-45-48-54(57)60-51-52(61-55(58)49-46-43-40-36-21-18-15-12-9-6-3)50-59-53(56)47-44-41-38-35-20-17-14-11-8-5-2/h25-26,52H,4-24,27-51H2,1-3H3/b26-25-. The van der Waals surface area contributed by atoms with Gasteiger partial charge in [-0.05, 0) is 44.9 Å². The molecule has 0 aromatic rings. The van der Waals surface area contributed by atoms with Crippen molar-refractivity contribution in [2.24, 2.45) is 0 Å².